The average molecular weight is 403 g/mol. The number of carbonyl (C=O) groups is 2. The minimum atomic E-state index is -1.09. The first-order valence-corrected chi connectivity index (χ1v) is 8.48. The highest BCUT2D eigenvalue weighted by Crippen LogP contribution is 2.26. The lowest BCUT2D eigenvalue weighted by Crippen LogP contribution is -2.13. The number of hydrogen-bond donors (Lipinski definition) is 2. The Hall–Kier alpha value is -4.71. The van der Waals surface area contributed by atoms with Gasteiger partial charge in [-0.3, -0.25) is 14.9 Å². The van der Waals surface area contributed by atoms with E-state index >= 15 is 0 Å². The maximum absolute atomic E-state index is 12.3. The molecule has 30 heavy (non-hydrogen) atoms. The van der Waals surface area contributed by atoms with Crippen LogP contribution in [0, 0.1) is 21.4 Å². The number of carboxylic acid groups (broad SMARTS) is 1. The Labute approximate surface area is 169 Å². The maximum Gasteiger partial charge on any atom is 0.335 e. The van der Waals surface area contributed by atoms with Crippen molar-refractivity contribution in [1.82, 2.24) is 0 Å². The molecular weight excluding hydrogens is 390 g/mol. The second-order valence-electron chi connectivity index (χ2n) is 6.02. The first kappa shape index (κ1) is 20.0. The van der Waals surface area contributed by atoms with Crippen molar-refractivity contribution in [2.24, 2.45) is 0 Å². The van der Waals surface area contributed by atoms with Crippen molar-refractivity contribution >= 4 is 29.3 Å². The van der Waals surface area contributed by atoms with Crippen LogP contribution in [0.3, 0.4) is 0 Å². The van der Waals surface area contributed by atoms with Crippen LogP contribution < -0.4 is 5.32 Å². The van der Waals surface area contributed by atoms with E-state index in [-0.39, 0.29) is 22.6 Å². The van der Waals surface area contributed by atoms with E-state index in [4.69, 9.17) is 9.52 Å². The van der Waals surface area contributed by atoms with Crippen LogP contribution in [0.1, 0.15) is 16.1 Å². The van der Waals surface area contributed by atoms with Crippen molar-refractivity contribution in [2.75, 3.05) is 5.32 Å². The highest BCUT2D eigenvalue weighted by molar-refractivity contribution is 6.09. The maximum atomic E-state index is 12.3. The highest BCUT2D eigenvalue weighted by atomic mass is 16.6. The van der Waals surface area contributed by atoms with Gasteiger partial charge in [-0.25, -0.2) is 4.79 Å². The van der Waals surface area contributed by atoms with Crippen molar-refractivity contribution in [3.05, 3.63) is 87.7 Å². The second-order valence-corrected chi connectivity index (χ2v) is 6.02. The zero-order chi connectivity index (χ0) is 21.7. The summed E-state index contributed by atoms with van der Waals surface area (Å²) in [5, 5.41) is 31.6. The Balaban J connectivity index is 1.78. The number of non-ortho nitro benzene ring substituents is 1. The van der Waals surface area contributed by atoms with Gasteiger partial charge in [0.2, 0.25) is 0 Å². The first-order valence-electron chi connectivity index (χ1n) is 8.48. The number of rotatable bonds is 6. The molecule has 1 aromatic heterocycles. The summed E-state index contributed by atoms with van der Waals surface area (Å²) in [6.07, 6.45) is 1.24. The van der Waals surface area contributed by atoms with Crippen LogP contribution in [0.25, 0.3) is 17.4 Å². The van der Waals surface area contributed by atoms with Crippen molar-refractivity contribution < 1.29 is 24.0 Å². The first-order chi connectivity index (χ1) is 14.4. The van der Waals surface area contributed by atoms with Gasteiger partial charge in [0.25, 0.3) is 11.6 Å². The van der Waals surface area contributed by atoms with Crippen LogP contribution in [0.2, 0.25) is 0 Å². The lowest BCUT2D eigenvalue weighted by molar-refractivity contribution is -0.384. The summed E-state index contributed by atoms with van der Waals surface area (Å²) in [7, 11) is 0. The largest absolute Gasteiger partial charge is 0.478 e. The van der Waals surface area contributed by atoms with Gasteiger partial charge < -0.3 is 14.8 Å². The molecule has 9 heteroatoms. The smallest absolute Gasteiger partial charge is 0.335 e. The molecule has 0 saturated carbocycles. The Kier molecular flexibility index (Phi) is 5.70. The Bertz CT molecular complexity index is 1200. The van der Waals surface area contributed by atoms with Gasteiger partial charge in [-0.2, -0.15) is 5.26 Å². The third-order valence-electron chi connectivity index (χ3n) is 4.01. The van der Waals surface area contributed by atoms with Gasteiger partial charge >= 0.3 is 5.97 Å². The van der Waals surface area contributed by atoms with E-state index in [0.717, 1.165) is 0 Å². The molecule has 3 rings (SSSR count). The summed E-state index contributed by atoms with van der Waals surface area (Å²) in [6, 6.07) is 16.2. The van der Waals surface area contributed by atoms with Crippen LogP contribution in [-0.4, -0.2) is 21.9 Å². The minimum absolute atomic E-state index is 0.0633. The molecule has 3 aromatic rings. The van der Waals surface area contributed by atoms with Gasteiger partial charge in [0.1, 0.15) is 23.2 Å². The lowest BCUT2D eigenvalue weighted by Gasteiger charge is -2.04. The molecule has 1 heterocycles. The fourth-order valence-electron chi connectivity index (χ4n) is 2.54. The van der Waals surface area contributed by atoms with E-state index in [9.17, 15) is 25.0 Å². The van der Waals surface area contributed by atoms with E-state index in [2.05, 4.69) is 5.32 Å². The predicted octanol–water partition coefficient (Wildman–Crippen LogP) is 4.10. The quantitative estimate of drug-likeness (QED) is 0.272. The zero-order valence-corrected chi connectivity index (χ0v) is 15.2. The number of benzene rings is 2. The number of carbonyl (C=O) groups excluding carboxylic acids is 1. The molecule has 0 unspecified atom stereocenters. The minimum Gasteiger partial charge on any atom is -0.478 e. The third-order valence-corrected chi connectivity index (χ3v) is 4.01. The third kappa shape index (κ3) is 4.58. The molecular formula is C21H13N3O6. The topological polar surface area (TPSA) is 146 Å². The number of nitriles is 1. The molecule has 148 valence electrons. The number of furan rings is 1. The zero-order valence-electron chi connectivity index (χ0n) is 15.2. The number of hydrogen-bond acceptors (Lipinski definition) is 6. The van der Waals surface area contributed by atoms with Crippen LogP contribution >= 0.6 is 0 Å². The van der Waals surface area contributed by atoms with E-state index in [1.54, 1.807) is 18.2 Å². The van der Waals surface area contributed by atoms with Gasteiger partial charge in [-0.15, -0.1) is 0 Å². The van der Waals surface area contributed by atoms with Crippen LogP contribution in [0.4, 0.5) is 11.4 Å². The number of carboxylic acids is 1. The molecule has 0 saturated heterocycles. The molecule has 1 amide bonds. The highest BCUT2D eigenvalue weighted by Gasteiger charge is 2.13. The lowest BCUT2D eigenvalue weighted by atomic mass is 10.1. The summed E-state index contributed by atoms with van der Waals surface area (Å²) in [6.45, 7) is 0. The Morgan fingerprint density at radius 3 is 2.50 bits per heavy atom. The fraction of sp³-hybridized carbons (Fsp3) is 0. The number of anilines is 1. The van der Waals surface area contributed by atoms with E-state index in [1.807, 2.05) is 0 Å². The molecule has 9 nitrogen and oxygen atoms in total. The molecule has 0 aliphatic carbocycles. The van der Waals surface area contributed by atoms with Crippen LogP contribution in [0.15, 0.2) is 70.7 Å². The summed E-state index contributed by atoms with van der Waals surface area (Å²) in [5.74, 6) is -1.24. The summed E-state index contributed by atoms with van der Waals surface area (Å²) < 4.78 is 5.58. The Morgan fingerprint density at radius 1 is 1.13 bits per heavy atom. The molecule has 0 aliphatic rings. The SMILES string of the molecule is N#CC(=Cc1ccc(-c2cccc([N+](=O)[O-])c2)o1)C(=O)Nc1ccc(C(=O)O)cc1. The van der Waals surface area contributed by atoms with Crippen molar-refractivity contribution in [2.45, 2.75) is 0 Å². The number of nitro benzene ring substituents is 1. The molecule has 0 aliphatic heterocycles. The Morgan fingerprint density at radius 2 is 1.87 bits per heavy atom. The van der Waals surface area contributed by atoms with Gasteiger partial charge in [-0.1, -0.05) is 12.1 Å². The second kappa shape index (κ2) is 8.53. The number of amides is 1. The number of nitrogens with one attached hydrogen (secondary N) is 1. The normalized spacial score (nSPS) is 10.8. The molecule has 0 atom stereocenters. The van der Waals surface area contributed by atoms with E-state index in [1.165, 1.54) is 54.6 Å². The van der Waals surface area contributed by atoms with E-state index < -0.39 is 16.8 Å². The predicted molar refractivity (Wildman–Crippen MR) is 106 cm³/mol. The van der Waals surface area contributed by atoms with Crippen molar-refractivity contribution in [1.29, 1.82) is 5.26 Å². The molecule has 0 radical (unpaired) electrons. The van der Waals surface area contributed by atoms with E-state index in [0.29, 0.717) is 17.0 Å². The fourth-order valence-corrected chi connectivity index (χ4v) is 2.54. The van der Waals surface area contributed by atoms with Crippen molar-refractivity contribution in [3.8, 4) is 17.4 Å². The molecule has 0 bridgehead atoms. The standard InChI is InChI=1S/C21H13N3O6/c22-12-15(20(25)23-16-6-4-13(5-7-16)21(26)27)11-18-8-9-19(30-18)14-2-1-3-17(10-14)24(28)29/h1-11H,(H,23,25)(H,26,27). The van der Waals surface area contributed by atoms with Crippen LogP contribution in [-0.2, 0) is 4.79 Å². The number of nitrogens with zero attached hydrogens (tertiary/aromatic N) is 2. The molecule has 2 N–H and O–H groups in total. The number of nitro groups is 1. The van der Waals surface area contributed by atoms with Gasteiger partial charge in [0.05, 0.1) is 10.5 Å². The van der Waals surface area contributed by atoms with Crippen molar-refractivity contribution in [3.63, 3.8) is 0 Å². The van der Waals surface area contributed by atoms with Gasteiger partial charge in [0, 0.05) is 29.5 Å². The molecule has 0 fully saturated rings. The van der Waals surface area contributed by atoms with Gasteiger partial charge in [-0.05, 0) is 36.4 Å². The summed E-state index contributed by atoms with van der Waals surface area (Å²) >= 11 is 0. The summed E-state index contributed by atoms with van der Waals surface area (Å²) in [5.41, 5.74) is 0.533. The number of aromatic carboxylic acids is 1. The molecule has 2 aromatic carbocycles. The average Bonchev–Trinajstić information content (AvgIpc) is 3.21. The van der Waals surface area contributed by atoms with Gasteiger partial charge in [0.15, 0.2) is 0 Å². The monoisotopic (exact) mass is 403 g/mol. The van der Waals surface area contributed by atoms with Crippen LogP contribution in [0.5, 0.6) is 0 Å². The summed E-state index contributed by atoms with van der Waals surface area (Å²) in [4.78, 5) is 33.6. The molecule has 0 spiro atoms.